The monoisotopic (exact) mass is 322 g/mol. The van der Waals surface area contributed by atoms with Gasteiger partial charge < -0.3 is 11.1 Å². The van der Waals surface area contributed by atoms with Gasteiger partial charge in [-0.1, -0.05) is 29.8 Å². The minimum atomic E-state index is -1.42. The van der Waals surface area contributed by atoms with Crippen LogP contribution in [-0.2, 0) is 15.6 Å². The molecule has 2 aromatic rings. The molecule has 0 aliphatic heterocycles. The highest BCUT2D eigenvalue weighted by molar-refractivity contribution is 7.86. The van der Waals surface area contributed by atoms with Gasteiger partial charge in [0.25, 0.3) is 0 Å². The SMILES string of the molecule is CC(C(=O)Nc1ccc(N)cc1Cl)S(=O)c1ccccc1. The zero-order chi connectivity index (χ0) is 15.4. The number of nitrogen functional groups attached to an aromatic ring is 1. The van der Waals surface area contributed by atoms with Gasteiger partial charge in [0, 0.05) is 10.6 Å². The Labute approximate surface area is 130 Å². The molecule has 2 atom stereocenters. The quantitative estimate of drug-likeness (QED) is 0.850. The van der Waals surface area contributed by atoms with E-state index in [-0.39, 0.29) is 5.91 Å². The Hall–Kier alpha value is -1.85. The van der Waals surface area contributed by atoms with E-state index in [0.29, 0.717) is 21.3 Å². The van der Waals surface area contributed by atoms with E-state index < -0.39 is 16.0 Å². The second-order valence-electron chi connectivity index (χ2n) is 4.48. The first-order valence-corrected chi connectivity index (χ1v) is 7.89. The van der Waals surface area contributed by atoms with Crippen molar-refractivity contribution in [1.82, 2.24) is 0 Å². The Bertz CT molecular complexity index is 677. The van der Waals surface area contributed by atoms with E-state index in [0.717, 1.165) is 0 Å². The molecule has 0 heterocycles. The Morgan fingerprint density at radius 1 is 1.24 bits per heavy atom. The third-order valence-electron chi connectivity index (χ3n) is 2.92. The zero-order valence-electron chi connectivity index (χ0n) is 11.4. The van der Waals surface area contributed by atoms with Crippen LogP contribution in [0.3, 0.4) is 0 Å². The number of anilines is 2. The molecular formula is C15H15ClN2O2S. The molecule has 0 spiro atoms. The molecule has 2 unspecified atom stereocenters. The van der Waals surface area contributed by atoms with Crippen LogP contribution < -0.4 is 11.1 Å². The molecule has 4 nitrogen and oxygen atoms in total. The number of hydrogen-bond acceptors (Lipinski definition) is 3. The van der Waals surface area contributed by atoms with E-state index in [4.69, 9.17) is 17.3 Å². The topological polar surface area (TPSA) is 72.2 Å². The largest absolute Gasteiger partial charge is 0.399 e. The van der Waals surface area contributed by atoms with Crippen LogP contribution in [0.15, 0.2) is 53.4 Å². The van der Waals surface area contributed by atoms with Crippen LogP contribution in [0, 0.1) is 0 Å². The lowest BCUT2D eigenvalue weighted by atomic mass is 10.2. The Morgan fingerprint density at radius 2 is 1.90 bits per heavy atom. The van der Waals surface area contributed by atoms with Crippen LogP contribution >= 0.6 is 11.6 Å². The summed E-state index contributed by atoms with van der Waals surface area (Å²) < 4.78 is 12.3. The van der Waals surface area contributed by atoms with Gasteiger partial charge in [-0.15, -0.1) is 0 Å². The average molecular weight is 323 g/mol. The van der Waals surface area contributed by atoms with Crippen LogP contribution in [0.4, 0.5) is 11.4 Å². The standard InChI is InChI=1S/C15H15ClN2O2S/c1-10(21(20)12-5-3-2-4-6-12)15(19)18-14-8-7-11(17)9-13(14)16/h2-10H,17H2,1H3,(H,18,19). The van der Waals surface area contributed by atoms with E-state index in [2.05, 4.69) is 5.32 Å². The van der Waals surface area contributed by atoms with E-state index >= 15 is 0 Å². The van der Waals surface area contributed by atoms with Gasteiger partial charge in [0.2, 0.25) is 5.91 Å². The number of benzene rings is 2. The first kappa shape index (κ1) is 15.5. The summed E-state index contributed by atoms with van der Waals surface area (Å²) in [6.07, 6.45) is 0. The summed E-state index contributed by atoms with van der Waals surface area (Å²) in [5, 5.41) is 2.32. The average Bonchev–Trinajstić information content (AvgIpc) is 2.49. The highest BCUT2D eigenvalue weighted by atomic mass is 35.5. The maximum absolute atomic E-state index is 12.3. The van der Waals surface area contributed by atoms with Gasteiger partial charge in [-0.05, 0) is 37.3 Å². The summed E-state index contributed by atoms with van der Waals surface area (Å²) in [4.78, 5) is 12.8. The van der Waals surface area contributed by atoms with Crippen LogP contribution in [-0.4, -0.2) is 15.4 Å². The van der Waals surface area contributed by atoms with Crippen molar-refractivity contribution in [2.45, 2.75) is 17.1 Å². The number of carbonyl (C=O) groups excluding carboxylic acids is 1. The summed E-state index contributed by atoms with van der Waals surface area (Å²) >= 11 is 6.00. The van der Waals surface area contributed by atoms with Gasteiger partial charge in [0.05, 0.1) is 21.5 Å². The number of rotatable bonds is 4. The number of halogens is 1. The maximum Gasteiger partial charge on any atom is 0.240 e. The van der Waals surface area contributed by atoms with Gasteiger partial charge >= 0.3 is 0 Å². The molecule has 3 N–H and O–H groups in total. The van der Waals surface area contributed by atoms with Crippen LogP contribution in [0.1, 0.15) is 6.92 Å². The number of nitrogens with one attached hydrogen (secondary N) is 1. The van der Waals surface area contributed by atoms with Crippen LogP contribution in [0.2, 0.25) is 5.02 Å². The molecule has 0 saturated heterocycles. The van der Waals surface area contributed by atoms with Crippen molar-refractivity contribution in [3.8, 4) is 0 Å². The molecule has 0 saturated carbocycles. The van der Waals surface area contributed by atoms with Gasteiger partial charge in [-0.2, -0.15) is 0 Å². The molecule has 1 amide bonds. The second kappa shape index (κ2) is 6.74. The van der Waals surface area contributed by atoms with Crippen molar-refractivity contribution in [1.29, 1.82) is 0 Å². The highest BCUT2D eigenvalue weighted by Gasteiger charge is 2.22. The molecule has 2 rings (SSSR count). The summed E-state index contributed by atoms with van der Waals surface area (Å²) in [7, 11) is -1.42. The summed E-state index contributed by atoms with van der Waals surface area (Å²) in [5.41, 5.74) is 6.56. The zero-order valence-corrected chi connectivity index (χ0v) is 12.9. The molecule has 0 radical (unpaired) electrons. The normalized spacial score (nSPS) is 13.4. The van der Waals surface area contributed by atoms with Crippen molar-refractivity contribution in [2.75, 3.05) is 11.1 Å². The molecule has 2 aromatic carbocycles. The fraction of sp³-hybridized carbons (Fsp3) is 0.133. The number of nitrogens with two attached hydrogens (primary N) is 1. The number of carbonyl (C=O) groups is 1. The fourth-order valence-electron chi connectivity index (χ4n) is 1.72. The highest BCUT2D eigenvalue weighted by Crippen LogP contribution is 2.24. The van der Waals surface area contributed by atoms with E-state index in [1.807, 2.05) is 6.07 Å². The molecule has 0 fully saturated rings. The Balaban J connectivity index is 2.11. The smallest absolute Gasteiger partial charge is 0.240 e. The molecule has 0 bridgehead atoms. The maximum atomic E-state index is 12.3. The fourth-order valence-corrected chi connectivity index (χ4v) is 3.05. The van der Waals surface area contributed by atoms with Crippen molar-refractivity contribution in [2.24, 2.45) is 0 Å². The first-order valence-electron chi connectivity index (χ1n) is 6.30. The Kier molecular flexibility index (Phi) is 4.98. The second-order valence-corrected chi connectivity index (χ2v) is 6.66. The van der Waals surface area contributed by atoms with Gasteiger partial charge in [-0.25, -0.2) is 0 Å². The van der Waals surface area contributed by atoms with Gasteiger partial charge in [0.15, 0.2) is 0 Å². The summed E-state index contributed by atoms with van der Waals surface area (Å²) in [6, 6.07) is 13.7. The first-order chi connectivity index (χ1) is 9.99. The minimum absolute atomic E-state index is 0.348. The van der Waals surface area contributed by atoms with E-state index in [1.54, 1.807) is 49.4 Å². The molecule has 0 aliphatic rings. The lowest BCUT2D eigenvalue weighted by molar-refractivity contribution is -0.115. The lowest BCUT2D eigenvalue weighted by Gasteiger charge is -2.13. The van der Waals surface area contributed by atoms with Crippen molar-refractivity contribution in [3.63, 3.8) is 0 Å². The molecule has 110 valence electrons. The molecule has 0 aliphatic carbocycles. The predicted octanol–water partition coefficient (Wildman–Crippen LogP) is 3.06. The van der Waals surface area contributed by atoms with Gasteiger partial charge in [-0.3, -0.25) is 9.00 Å². The Morgan fingerprint density at radius 3 is 2.52 bits per heavy atom. The molecule has 0 aromatic heterocycles. The summed E-state index contributed by atoms with van der Waals surface area (Å²) in [6.45, 7) is 1.61. The predicted molar refractivity (Wildman–Crippen MR) is 86.8 cm³/mol. The number of amides is 1. The minimum Gasteiger partial charge on any atom is -0.399 e. The van der Waals surface area contributed by atoms with Crippen molar-refractivity contribution >= 4 is 39.7 Å². The lowest BCUT2D eigenvalue weighted by Crippen LogP contribution is -2.29. The third kappa shape index (κ3) is 3.83. The van der Waals surface area contributed by atoms with Crippen molar-refractivity contribution in [3.05, 3.63) is 53.6 Å². The molecular weight excluding hydrogens is 308 g/mol. The summed E-state index contributed by atoms with van der Waals surface area (Å²) in [5.74, 6) is -0.358. The number of hydrogen-bond donors (Lipinski definition) is 2. The van der Waals surface area contributed by atoms with E-state index in [1.165, 1.54) is 0 Å². The van der Waals surface area contributed by atoms with Crippen LogP contribution in [0.5, 0.6) is 0 Å². The molecule has 6 heteroatoms. The van der Waals surface area contributed by atoms with Crippen LogP contribution in [0.25, 0.3) is 0 Å². The third-order valence-corrected chi connectivity index (χ3v) is 4.82. The molecule has 21 heavy (non-hydrogen) atoms. The van der Waals surface area contributed by atoms with E-state index in [9.17, 15) is 9.00 Å². The van der Waals surface area contributed by atoms with Gasteiger partial charge in [0.1, 0.15) is 5.25 Å². The van der Waals surface area contributed by atoms with Crippen molar-refractivity contribution < 1.29 is 9.00 Å².